The molecule has 1 aromatic heterocycles. The van der Waals surface area contributed by atoms with Crippen LogP contribution in [0.1, 0.15) is 29.0 Å². The molecule has 3 heteroatoms. The molecule has 0 bridgehead atoms. The highest BCUT2D eigenvalue weighted by molar-refractivity contribution is 7.09. The van der Waals surface area contributed by atoms with Crippen molar-refractivity contribution < 1.29 is 0 Å². The fourth-order valence-electron chi connectivity index (χ4n) is 3.11. The number of aryl methyl sites for hydroxylation is 1. The predicted molar refractivity (Wildman–Crippen MR) is 75.9 cm³/mol. The van der Waals surface area contributed by atoms with Gasteiger partial charge in [0.25, 0.3) is 0 Å². The maximum Gasteiger partial charge on any atom is 0.0934 e. The van der Waals surface area contributed by atoms with Crippen molar-refractivity contribution in [3.05, 3.63) is 52.0 Å². The largest absolute Gasteiger partial charge is 0.330 e. The maximum atomic E-state index is 6.15. The molecule has 1 aromatic carbocycles. The van der Waals surface area contributed by atoms with Crippen molar-refractivity contribution in [3.63, 3.8) is 0 Å². The van der Waals surface area contributed by atoms with E-state index in [1.54, 1.807) is 11.3 Å². The zero-order chi connectivity index (χ0) is 12.4. The molecule has 0 aliphatic heterocycles. The minimum absolute atomic E-state index is 0.104. The number of hydrogen-bond acceptors (Lipinski definition) is 3. The number of thiazole rings is 1. The van der Waals surface area contributed by atoms with E-state index in [0.717, 1.165) is 6.42 Å². The van der Waals surface area contributed by atoms with Gasteiger partial charge >= 0.3 is 0 Å². The Morgan fingerprint density at radius 1 is 1.33 bits per heavy atom. The highest BCUT2D eigenvalue weighted by Crippen LogP contribution is 2.39. The first-order valence-corrected chi connectivity index (χ1v) is 7.39. The summed E-state index contributed by atoms with van der Waals surface area (Å²) in [6.07, 6.45) is 6.48. The first-order chi connectivity index (χ1) is 8.84. The van der Waals surface area contributed by atoms with Crippen molar-refractivity contribution in [2.24, 2.45) is 5.73 Å². The molecule has 1 aliphatic carbocycles. The standard InChI is InChI=1S/C15H18N2S/c16-11-15(10-14-17-8-9-18-14)7-3-5-12-4-1-2-6-13(12)15/h1-2,4,6,8-9H,3,5,7,10-11,16H2. The molecule has 0 saturated carbocycles. The van der Waals surface area contributed by atoms with E-state index in [9.17, 15) is 0 Å². The van der Waals surface area contributed by atoms with Crippen LogP contribution in [0.3, 0.4) is 0 Å². The maximum absolute atomic E-state index is 6.15. The van der Waals surface area contributed by atoms with Crippen LogP contribution in [0.15, 0.2) is 35.8 Å². The van der Waals surface area contributed by atoms with E-state index in [0.29, 0.717) is 6.54 Å². The van der Waals surface area contributed by atoms with Crippen molar-refractivity contribution in [3.8, 4) is 0 Å². The summed E-state index contributed by atoms with van der Waals surface area (Å²) in [6.45, 7) is 0.712. The number of nitrogens with zero attached hydrogens (tertiary/aromatic N) is 1. The zero-order valence-corrected chi connectivity index (χ0v) is 11.2. The molecule has 1 aliphatic rings. The first kappa shape index (κ1) is 11.9. The summed E-state index contributed by atoms with van der Waals surface area (Å²) in [5, 5.41) is 3.26. The molecular weight excluding hydrogens is 240 g/mol. The minimum Gasteiger partial charge on any atom is -0.330 e. The fraction of sp³-hybridized carbons (Fsp3) is 0.400. The molecule has 2 N–H and O–H groups in total. The van der Waals surface area contributed by atoms with Crippen LogP contribution >= 0.6 is 11.3 Å². The van der Waals surface area contributed by atoms with E-state index >= 15 is 0 Å². The van der Waals surface area contributed by atoms with Crippen molar-refractivity contribution in [1.29, 1.82) is 0 Å². The molecule has 2 aromatic rings. The molecule has 1 heterocycles. The number of hydrogen-bond donors (Lipinski definition) is 1. The Morgan fingerprint density at radius 3 is 3.00 bits per heavy atom. The lowest BCUT2D eigenvalue weighted by molar-refractivity contribution is 0.365. The highest BCUT2D eigenvalue weighted by atomic mass is 32.1. The first-order valence-electron chi connectivity index (χ1n) is 6.51. The summed E-state index contributed by atoms with van der Waals surface area (Å²) < 4.78 is 0. The molecule has 0 radical (unpaired) electrons. The topological polar surface area (TPSA) is 38.9 Å². The molecule has 2 nitrogen and oxygen atoms in total. The molecule has 3 rings (SSSR count). The Morgan fingerprint density at radius 2 is 2.22 bits per heavy atom. The highest BCUT2D eigenvalue weighted by Gasteiger charge is 2.35. The second-order valence-electron chi connectivity index (χ2n) is 5.10. The average molecular weight is 258 g/mol. The summed E-state index contributed by atoms with van der Waals surface area (Å²) >= 11 is 1.74. The molecule has 0 saturated heterocycles. The van der Waals surface area contributed by atoms with Gasteiger partial charge in [-0.05, 0) is 30.4 Å². The van der Waals surface area contributed by atoms with Crippen molar-refractivity contribution in [1.82, 2.24) is 4.98 Å². The van der Waals surface area contributed by atoms with E-state index in [1.165, 1.54) is 35.4 Å². The van der Waals surface area contributed by atoms with Crippen LogP contribution in [0.2, 0.25) is 0 Å². The van der Waals surface area contributed by atoms with Gasteiger partial charge in [-0.1, -0.05) is 24.3 Å². The molecule has 1 unspecified atom stereocenters. The van der Waals surface area contributed by atoms with Gasteiger partial charge in [0.05, 0.1) is 5.01 Å². The Hall–Kier alpha value is -1.19. The molecule has 0 spiro atoms. The fourth-order valence-corrected chi connectivity index (χ4v) is 3.87. The quantitative estimate of drug-likeness (QED) is 0.919. The average Bonchev–Trinajstić information content (AvgIpc) is 2.92. The van der Waals surface area contributed by atoms with Crippen LogP contribution in [0.25, 0.3) is 0 Å². The summed E-state index contributed by atoms with van der Waals surface area (Å²) in [5.41, 5.74) is 9.18. The van der Waals surface area contributed by atoms with E-state index in [4.69, 9.17) is 5.73 Å². The Kier molecular flexibility index (Phi) is 3.18. The lowest BCUT2D eigenvalue weighted by atomic mass is 9.68. The van der Waals surface area contributed by atoms with Gasteiger partial charge in [0, 0.05) is 30.0 Å². The van der Waals surface area contributed by atoms with Gasteiger partial charge in [-0.25, -0.2) is 4.98 Å². The van der Waals surface area contributed by atoms with Crippen molar-refractivity contribution in [2.75, 3.05) is 6.54 Å². The van der Waals surface area contributed by atoms with Crippen LogP contribution in [0.4, 0.5) is 0 Å². The summed E-state index contributed by atoms with van der Waals surface area (Å²) in [5.74, 6) is 0. The van der Waals surface area contributed by atoms with Crippen LogP contribution in [0, 0.1) is 0 Å². The lowest BCUT2D eigenvalue weighted by Gasteiger charge is -2.38. The smallest absolute Gasteiger partial charge is 0.0934 e. The van der Waals surface area contributed by atoms with Gasteiger partial charge in [0.2, 0.25) is 0 Å². The van der Waals surface area contributed by atoms with Gasteiger partial charge in [-0.2, -0.15) is 0 Å². The van der Waals surface area contributed by atoms with Crippen molar-refractivity contribution in [2.45, 2.75) is 31.1 Å². The third kappa shape index (κ3) is 1.98. The summed E-state index contributed by atoms with van der Waals surface area (Å²) in [4.78, 5) is 4.44. The van der Waals surface area contributed by atoms with E-state index in [2.05, 4.69) is 29.2 Å². The number of nitrogens with two attached hydrogens (primary N) is 1. The monoisotopic (exact) mass is 258 g/mol. The van der Waals surface area contributed by atoms with Gasteiger partial charge in [-0.3, -0.25) is 0 Å². The lowest BCUT2D eigenvalue weighted by Crippen LogP contribution is -2.40. The number of aromatic nitrogens is 1. The van der Waals surface area contributed by atoms with Crippen LogP contribution in [-0.2, 0) is 18.3 Å². The molecular formula is C15H18N2S. The number of fused-ring (bicyclic) bond motifs is 1. The van der Waals surface area contributed by atoms with E-state index in [-0.39, 0.29) is 5.41 Å². The van der Waals surface area contributed by atoms with Crippen LogP contribution < -0.4 is 5.73 Å². The molecule has 18 heavy (non-hydrogen) atoms. The van der Waals surface area contributed by atoms with Gasteiger partial charge in [0.1, 0.15) is 0 Å². The summed E-state index contributed by atoms with van der Waals surface area (Å²) in [6, 6.07) is 8.78. The van der Waals surface area contributed by atoms with Gasteiger partial charge in [-0.15, -0.1) is 11.3 Å². The second-order valence-corrected chi connectivity index (χ2v) is 6.08. The molecule has 0 fully saturated rings. The Labute approximate surface area is 112 Å². The number of rotatable bonds is 3. The second kappa shape index (κ2) is 4.82. The van der Waals surface area contributed by atoms with Gasteiger partial charge < -0.3 is 5.73 Å². The summed E-state index contributed by atoms with van der Waals surface area (Å²) in [7, 11) is 0. The van der Waals surface area contributed by atoms with E-state index < -0.39 is 0 Å². The minimum atomic E-state index is 0.104. The van der Waals surface area contributed by atoms with E-state index in [1.807, 2.05) is 11.6 Å². The Bertz CT molecular complexity index is 521. The Balaban J connectivity index is 2.02. The molecule has 94 valence electrons. The molecule has 1 atom stereocenters. The zero-order valence-electron chi connectivity index (χ0n) is 10.4. The SMILES string of the molecule is NCC1(Cc2nccs2)CCCc2ccccc21. The molecule has 0 amide bonds. The normalized spacial score (nSPS) is 22.7. The third-order valence-corrected chi connectivity index (χ3v) is 4.83. The predicted octanol–water partition coefficient (Wildman–Crippen LogP) is 2.92. The van der Waals surface area contributed by atoms with Gasteiger partial charge in [0.15, 0.2) is 0 Å². The van der Waals surface area contributed by atoms with Crippen LogP contribution in [-0.4, -0.2) is 11.5 Å². The number of benzene rings is 1. The van der Waals surface area contributed by atoms with Crippen LogP contribution in [0.5, 0.6) is 0 Å². The third-order valence-electron chi connectivity index (χ3n) is 4.05. The van der Waals surface area contributed by atoms with Crippen molar-refractivity contribution >= 4 is 11.3 Å².